The van der Waals surface area contributed by atoms with Crippen molar-refractivity contribution in [2.75, 3.05) is 13.1 Å². The second-order valence-corrected chi connectivity index (χ2v) is 8.41. The summed E-state index contributed by atoms with van der Waals surface area (Å²) < 4.78 is 6.69. The Labute approximate surface area is 168 Å². The third-order valence-electron chi connectivity index (χ3n) is 4.39. The summed E-state index contributed by atoms with van der Waals surface area (Å²) in [6.45, 7) is 1.25. The van der Waals surface area contributed by atoms with Crippen molar-refractivity contribution in [3.63, 3.8) is 0 Å². The van der Waals surface area contributed by atoms with E-state index in [1.165, 1.54) is 0 Å². The minimum atomic E-state index is -0.0704. The fourth-order valence-corrected chi connectivity index (χ4v) is 4.30. The minimum absolute atomic E-state index is 0.0415. The quantitative estimate of drug-likeness (QED) is 0.546. The molecular formula is C18H15BrClN3O2S. The number of rotatable bonds is 3. The van der Waals surface area contributed by atoms with Crippen molar-refractivity contribution in [3.8, 4) is 10.8 Å². The van der Waals surface area contributed by atoms with Gasteiger partial charge in [0.15, 0.2) is 0 Å². The largest absolute Gasteiger partial charge is 0.420 e. The highest BCUT2D eigenvalue weighted by atomic mass is 79.9. The first-order valence-corrected chi connectivity index (χ1v) is 10.3. The zero-order valence-electron chi connectivity index (χ0n) is 13.7. The van der Waals surface area contributed by atoms with Crippen LogP contribution in [-0.4, -0.2) is 34.1 Å². The topological polar surface area (TPSA) is 59.2 Å². The van der Waals surface area contributed by atoms with Gasteiger partial charge in [-0.05, 0) is 42.5 Å². The molecule has 1 fully saturated rings. The number of hydrogen-bond donors (Lipinski definition) is 0. The lowest BCUT2D eigenvalue weighted by Gasteiger charge is -2.31. The number of benzene rings is 1. The highest BCUT2D eigenvalue weighted by Crippen LogP contribution is 2.31. The van der Waals surface area contributed by atoms with Gasteiger partial charge in [-0.25, -0.2) is 0 Å². The summed E-state index contributed by atoms with van der Waals surface area (Å²) in [6, 6.07) is 9.21. The highest BCUT2D eigenvalue weighted by molar-refractivity contribution is 9.10. The molecule has 8 heteroatoms. The Balaban J connectivity index is 1.52. The Kier molecular flexibility index (Phi) is 5.11. The summed E-state index contributed by atoms with van der Waals surface area (Å²) in [5.41, 5.74) is 0.506. The van der Waals surface area contributed by atoms with Gasteiger partial charge in [0.1, 0.15) is 0 Å². The zero-order chi connectivity index (χ0) is 18.1. The Morgan fingerprint density at radius 3 is 3.04 bits per heavy atom. The summed E-state index contributed by atoms with van der Waals surface area (Å²) in [5.74, 6) is 1.10. The second-order valence-electron chi connectivity index (χ2n) is 6.14. The van der Waals surface area contributed by atoms with Gasteiger partial charge in [-0.1, -0.05) is 33.6 Å². The van der Waals surface area contributed by atoms with Crippen molar-refractivity contribution in [1.29, 1.82) is 0 Å². The molecule has 0 N–H and O–H groups in total. The number of amides is 1. The van der Waals surface area contributed by atoms with Crippen molar-refractivity contribution in [2.45, 2.75) is 18.8 Å². The van der Waals surface area contributed by atoms with Gasteiger partial charge in [0, 0.05) is 17.6 Å². The van der Waals surface area contributed by atoms with E-state index in [2.05, 4.69) is 26.1 Å². The highest BCUT2D eigenvalue weighted by Gasteiger charge is 2.30. The summed E-state index contributed by atoms with van der Waals surface area (Å²) >= 11 is 11.2. The van der Waals surface area contributed by atoms with Gasteiger partial charge in [0.25, 0.3) is 11.8 Å². The molecule has 1 amide bonds. The van der Waals surface area contributed by atoms with Crippen LogP contribution in [0.3, 0.4) is 0 Å². The Morgan fingerprint density at radius 1 is 1.35 bits per heavy atom. The van der Waals surface area contributed by atoms with Gasteiger partial charge in [0.05, 0.1) is 21.4 Å². The number of halogens is 2. The first-order valence-electron chi connectivity index (χ1n) is 8.23. The Hall–Kier alpha value is -1.70. The van der Waals surface area contributed by atoms with Crippen molar-refractivity contribution in [2.24, 2.45) is 0 Å². The van der Waals surface area contributed by atoms with E-state index < -0.39 is 0 Å². The lowest BCUT2D eigenvalue weighted by Crippen LogP contribution is -2.39. The number of aromatic nitrogens is 2. The van der Waals surface area contributed by atoms with E-state index in [4.69, 9.17) is 16.0 Å². The van der Waals surface area contributed by atoms with E-state index in [9.17, 15) is 4.79 Å². The molecule has 5 nitrogen and oxygen atoms in total. The molecule has 4 rings (SSSR count). The van der Waals surface area contributed by atoms with Crippen LogP contribution in [0.25, 0.3) is 10.8 Å². The SMILES string of the molecule is O=C(c1cc(Br)ccc1Cl)N1CCCC(c2nnc(-c3cccs3)o2)C1. The third-order valence-corrected chi connectivity index (χ3v) is 6.07. The molecule has 3 aromatic rings. The lowest BCUT2D eigenvalue weighted by molar-refractivity contribution is 0.0698. The first-order chi connectivity index (χ1) is 12.6. The van der Waals surface area contributed by atoms with Crippen molar-refractivity contribution >= 4 is 44.8 Å². The van der Waals surface area contributed by atoms with E-state index in [1.807, 2.05) is 28.5 Å². The maximum absolute atomic E-state index is 12.9. The van der Waals surface area contributed by atoms with E-state index >= 15 is 0 Å². The molecule has 1 saturated heterocycles. The molecule has 26 heavy (non-hydrogen) atoms. The molecule has 3 heterocycles. The van der Waals surface area contributed by atoms with E-state index in [0.717, 1.165) is 22.2 Å². The summed E-state index contributed by atoms with van der Waals surface area (Å²) in [6.07, 6.45) is 1.81. The average Bonchev–Trinajstić information content (AvgIpc) is 3.34. The molecule has 0 saturated carbocycles. The van der Waals surface area contributed by atoms with Crippen LogP contribution in [0.15, 0.2) is 44.6 Å². The Bertz CT molecular complexity index is 928. The number of hydrogen-bond acceptors (Lipinski definition) is 5. The van der Waals surface area contributed by atoms with Crippen LogP contribution in [0.5, 0.6) is 0 Å². The number of carbonyl (C=O) groups excluding carboxylic acids is 1. The molecule has 1 atom stereocenters. The fourth-order valence-electron chi connectivity index (χ4n) is 3.09. The number of nitrogens with zero attached hydrogens (tertiary/aromatic N) is 3. The van der Waals surface area contributed by atoms with E-state index in [-0.39, 0.29) is 11.8 Å². The zero-order valence-corrected chi connectivity index (χ0v) is 16.9. The smallest absolute Gasteiger partial charge is 0.257 e. The van der Waals surface area contributed by atoms with Crippen LogP contribution >= 0.6 is 38.9 Å². The maximum atomic E-state index is 12.9. The van der Waals surface area contributed by atoms with Gasteiger partial charge < -0.3 is 9.32 Å². The molecule has 1 aliphatic rings. The van der Waals surface area contributed by atoms with Crippen LogP contribution in [-0.2, 0) is 0 Å². The van der Waals surface area contributed by atoms with Crippen LogP contribution in [0.2, 0.25) is 5.02 Å². The lowest BCUT2D eigenvalue weighted by atomic mass is 9.97. The number of thiophene rings is 1. The van der Waals surface area contributed by atoms with Gasteiger partial charge in [-0.15, -0.1) is 21.5 Å². The van der Waals surface area contributed by atoms with Gasteiger partial charge in [0.2, 0.25) is 5.89 Å². The van der Waals surface area contributed by atoms with E-state index in [1.54, 1.807) is 23.5 Å². The van der Waals surface area contributed by atoms with Gasteiger partial charge >= 0.3 is 0 Å². The monoisotopic (exact) mass is 451 g/mol. The fraction of sp³-hybridized carbons (Fsp3) is 0.278. The Morgan fingerprint density at radius 2 is 2.23 bits per heavy atom. The van der Waals surface area contributed by atoms with Crippen molar-refractivity contribution in [3.05, 3.63) is 56.7 Å². The molecular weight excluding hydrogens is 438 g/mol. The van der Waals surface area contributed by atoms with Gasteiger partial charge in [-0.3, -0.25) is 4.79 Å². The molecule has 0 bridgehead atoms. The van der Waals surface area contributed by atoms with Crippen LogP contribution in [0, 0.1) is 0 Å². The average molecular weight is 453 g/mol. The molecule has 0 aliphatic carbocycles. The number of likely N-dealkylation sites (tertiary alicyclic amines) is 1. The van der Waals surface area contributed by atoms with Crippen LogP contribution in [0.4, 0.5) is 0 Å². The standard InChI is InChI=1S/C18H15BrClN3O2S/c19-12-5-6-14(20)13(9-12)18(24)23-7-1-3-11(10-23)16-21-22-17(25-16)15-4-2-8-26-15/h2,4-6,8-9,11H,1,3,7,10H2. The molecule has 1 aromatic carbocycles. The van der Waals surface area contributed by atoms with Gasteiger partial charge in [-0.2, -0.15) is 0 Å². The van der Waals surface area contributed by atoms with Crippen LogP contribution < -0.4 is 0 Å². The minimum Gasteiger partial charge on any atom is -0.420 e. The number of piperidine rings is 1. The summed E-state index contributed by atoms with van der Waals surface area (Å²) in [4.78, 5) is 15.7. The molecule has 1 aliphatic heterocycles. The predicted molar refractivity (Wildman–Crippen MR) is 105 cm³/mol. The normalized spacial score (nSPS) is 17.5. The van der Waals surface area contributed by atoms with Crippen LogP contribution in [0.1, 0.15) is 35.0 Å². The molecule has 134 valence electrons. The second kappa shape index (κ2) is 7.50. The molecule has 0 spiro atoms. The molecule has 0 radical (unpaired) electrons. The summed E-state index contributed by atoms with van der Waals surface area (Å²) in [7, 11) is 0. The van der Waals surface area contributed by atoms with Crippen molar-refractivity contribution < 1.29 is 9.21 Å². The van der Waals surface area contributed by atoms with E-state index in [0.29, 0.717) is 35.5 Å². The maximum Gasteiger partial charge on any atom is 0.257 e. The molecule has 2 aromatic heterocycles. The first kappa shape index (κ1) is 17.7. The summed E-state index contributed by atoms with van der Waals surface area (Å²) in [5, 5.41) is 10.8. The molecule has 1 unspecified atom stereocenters. The third kappa shape index (κ3) is 3.56. The predicted octanol–water partition coefficient (Wildman–Crippen LogP) is 5.23. The van der Waals surface area contributed by atoms with Crippen molar-refractivity contribution in [1.82, 2.24) is 15.1 Å². The number of carbonyl (C=O) groups is 1.